The Hall–Kier alpha value is -4.11. The van der Waals surface area contributed by atoms with Gasteiger partial charge in [-0.25, -0.2) is 13.0 Å². The number of anilines is 1. The fourth-order valence-corrected chi connectivity index (χ4v) is 7.55. The third kappa shape index (κ3) is 13.2. The molecule has 1 aromatic carbocycles. The van der Waals surface area contributed by atoms with Crippen molar-refractivity contribution >= 4 is 27.9 Å². The van der Waals surface area contributed by atoms with Crippen LogP contribution in [-0.4, -0.2) is 97.0 Å². The molecule has 1 aliphatic carbocycles. The van der Waals surface area contributed by atoms with Gasteiger partial charge in [-0.3, -0.25) is 4.79 Å². The van der Waals surface area contributed by atoms with Gasteiger partial charge in [0, 0.05) is 48.5 Å². The maximum Gasteiger partial charge on any atom is 0.303 e. The van der Waals surface area contributed by atoms with E-state index in [2.05, 4.69) is 61.4 Å². The van der Waals surface area contributed by atoms with Crippen LogP contribution in [0.2, 0.25) is 0 Å². The lowest BCUT2D eigenvalue weighted by molar-refractivity contribution is -0.137. The number of aliphatic carboxylic acids is 1. The molecule has 12 nitrogen and oxygen atoms in total. The van der Waals surface area contributed by atoms with E-state index in [1.54, 1.807) is 13.2 Å². The van der Waals surface area contributed by atoms with E-state index in [0.717, 1.165) is 59.6 Å². The zero-order valence-corrected chi connectivity index (χ0v) is 36.1. The highest BCUT2D eigenvalue weighted by Gasteiger charge is 2.40. The van der Waals surface area contributed by atoms with Crippen molar-refractivity contribution in [2.75, 3.05) is 77.9 Å². The Morgan fingerprint density at radius 2 is 1.60 bits per heavy atom. The molecule has 2 heterocycles. The van der Waals surface area contributed by atoms with Crippen molar-refractivity contribution in [2.24, 2.45) is 0 Å². The number of unbranched alkanes of at least 4 members (excludes halogenated alkanes) is 2. The number of fused-ring (bicyclic) bond motifs is 2. The monoisotopic (exact) mass is 822 g/mol. The van der Waals surface area contributed by atoms with Crippen LogP contribution in [0.15, 0.2) is 81.8 Å². The largest absolute Gasteiger partial charge is 0.744 e. The first-order valence-electron chi connectivity index (χ1n) is 20.1. The van der Waals surface area contributed by atoms with Crippen molar-refractivity contribution in [3.05, 3.63) is 94.7 Å². The number of hydrogen-bond donors (Lipinski definition) is 1. The first kappa shape index (κ1) is 46.6. The highest BCUT2D eigenvalue weighted by molar-refractivity contribution is 7.85. The van der Waals surface area contributed by atoms with Crippen molar-refractivity contribution in [1.82, 2.24) is 4.58 Å². The molecular formula is C45H62N2O10S. The lowest BCUT2D eigenvalue weighted by Gasteiger charge is -2.27. The second-order valence-electron chi connectivity index (χ2n) is 15.8. The first-order valence-corrected chi connectivity index (χ1v) is 21.5. The van der Waals surface area contributed by atoms with E-state index in [0.29, 0.717) is 65.0 Å². The van der Waals surface area contributed by atoms with Gasteiger partial charge in [-0.2, -0.15) is 0 Å². The zero-order chi connectivity index (χ0) is 42.3. The Morgan fingerprint density at radius 1 is 0.914 bits per heavy atom. The molecule has 13 heteroatoms. The van der Waals surface area contributed by atoms with Gasteiger partial charge in [-0.05, 0) is 78.8 Å². The normalized spacial score (nSPS) is 15.7. The molecule has 58 heavy (non-hydrogen) atoms. The van der Waals surface area contributed by atoms with Crippen LogP contribution >= 0.6 is 0 Å². The van der Waals surface area contributed by atoms with Gasteiger partial charge in [0.2, 0.25) is 5.36 Å². The van der Waals surface area contributed by atoms with Crippen molar-refractivity contribution in [3.8, 4) is 11.3 Å². The van der Waals surface area contributed by atoms with Gasteiger partial charge in [0.15, 0.2) is 6.54 Å². The van der Waals surface area contributed by atoms with Crippen molar-refractivity contribution in [1.29, 1.82) is 0 Å². The van der Waals surface area contributed by atoms with E-state index in [4.69, 9.17) is 28.5 Å². The Kier molecular flexibility index (Phi) is 17.5. The predicted molar refractivity (Wildman–Crippen MR) is 226 cm³/mol. The van der Waals surface area contributed by atoms with Crippen LogP contribution in [0.3, 0.4) is 0 Å². The predicted octanol–water partition coefficient (Wildman–Crippen LogP) is 6.97. The number of nitrogens with zero attached hydrogens (tertiary/aromatic N) is 2. The van der Waals surface area contributed by atoms with Crippen LogP contribution in [0.5, 0.6) is 0 Å². The maximum atomic E-state index is 11.9. The lowest BCUT2D eigenvalue weighted by atomic mass is 9.83. The molecule has 4 rings (SSSR count). The third-order valence-electron chi connectivity index (χ3n) is 10.2. The highest BCUT2D eigenvalue weighted by atomic mass is 32.2. The second kappa shape index (κ2) is 21.8. The Balaban J connectivity index is 1.52. The van der Waals surface area contributed by atoms with E-state index in [1.165, 1.54) is 17.7 Å². The van der Waals surface area contributed by atoms with Gasteiger partial charge < -0.3 is 37.9 Å². The zero-order valence-electron chi connectivity index (χ0n) is 35.3. The minimum absolute atomic E-state index is 0.115. The van der Waals surface area contributed by atoms with Crippen LogP contribution in [0.25, 0.3) is 17.4 Å². The smallest absolute Gasteiger partial charge is 0.303 e. The SMILES string of the molecule is CC[N+](CCOCCOCCOCCOC)=c1ccc2c(C(C)(C)C)cc(/C=C/C=C/C=C3/N(CCCCCC(=O)O)c4ccc(S(=O)(=O)[O-])cc4C3(C)C)oc-2c1. The standard InChI is InChI=1S/C45H62N2O10S/c1-8-46(23-24-54-27-28-56-30-29-55-26-25-53-7)34-18-20-37-38(44(2,3)4)32-35(57-41(37)31-34)15-11-9-12-16-42-45(5,6)39-33-36(58(50,51)52)19-21-40(39)47(42)22-14-10-13-17-43(48)49/h9,11-12,15-16,18-21,31-33H,8,10,13-14,17,22-30H2,1-7H3,(H-,48,49,50,51,52). The summed E-state index contributed by atoms with van der Waals surface area (Å²) in [6.07, 6.45) is 11.9. The maximum absolute atomic E-state index is 11.9. The number of carbonyl (C=O) groups is 1. The van der Waals surface area contributed by atoms with Crippen molar-refractivity contribution in [3.63, 3.8) is 0 Å². The van der Waals surface area contributed by atoms with E-state index in [-0.39, 0.29) is 16.7 Å². The Bertz CT molecular complexity index is 2060. The Morgan fingerprint density at radius 3 is 2.24 bits per heavy atom. The molecule has 0 saturated heterocycles. The number of hydrogen-bond acceptors (Lipinski definition) is 10. The van der Waals surface area contributed by atoms with Gasteiger partial charge in [-0.1, -0.05) is 59.3 Å². The summed E-state index contributed by atoms with van der Waals surface area (Å²) in [5.41, 5.74) is 4.04. The molecule has 0 spiro atoms. The number of carboxylic acids is 1. The summed E-state index contributed by atoms with van der Waals surface area (Å²) in [5.74, 6) is 0.689. The summed E-state index contributed by atoms with van der Waals surface area (Å²) in [4.78, 5) is 12.9. The van der Waals surface area contributed by atoms with Crippen LogP contribution in [-0.2, 0) is 44.7 Å². The number of likely N-dealkylation sites (N-methyl/N-ethyl adjacent to an activating group) is 1. The fourth-order valence-electron chi connectivity index (χ4n) is 7.06. The minimum Gasteiger partial charge on any atom is -0.744 e. The molecule has 0 saturated carbocycles. The number of allylic oxidation sites excluding steroid dienone is 5. The third-order valence-corrected chi connectivity index (χ3v) is 11.0. The van der Waals surface area contributed by atoms with Crippen LogP contribution in [0.1, 0.15) is 84.1 Å². The van der Waals surface area contributed by atoms with Crippen molar-refractivity contribution < 1.29 is 46.2 Å². The number of carboxylic acid groups (broad SMARTS) is 1. The molecule has 318 valence electrons. The number of benzene rings is 2. The summed E-state index contributed by atoms with van der Waals surface area (Å²) in [5, 5.41) is 10.1. The molecule has 3 aliphatic rings. The number of methoxy groups -OCH3 is 1. The van der Waals surface area contributed by atoms with Gasteiger partial charge in [0.25, 0.3) is 0 Å². The average molecular weight is 823 g/mol. The lowest BCUT2D eigenvalue weighted by Crippen LogP contribution is -2.33. The molecule has 0 radical (unpaired) electrons. The molecule has 0 amide bonds. The molecule has 1 N–H and O–H groups in total. The van der Waals surface area contributed by atoms with Gasteiger partial charge in [0.05, 0.1) is 50.6 Å². The highest BCUT2D eigenvalue weighted by Crippen LogP contribution is 2.48. The fraction of sp³-hybridized carbons (Fsp3) is 0.511. The quantitative estimate of drug-likeness (QED) is 0.0457. The molecule has 0 unspecified atom stereocenters. The molecular weight excluding hydrogens is 761 g/mol. The topological polar surface area (TPSA) is 151 Å². The van der Waals surface area contributed by atoms with Gasteiger partial charge in [0.1, 0.15) is 34.8 Å². The first-order chi connectivity index (χ1) is 27.6. The van der Waals surface area contributed by atoms with Crippen LogP contribution in [0, 0.1) is 0 Å². The second-order valence-corrected chi connectivity index (χ2v) is 17.2. The minimum atomic E-state index is -4.63. The Labute approximate surface area is 344 Å². The van der Waals surface area contributed by atoms with E-state index in [9.17, 15) is 17.8 Å². The van der Waals surface area contributed by atoms with E-state index in [1.807, 2.05) is 44.2 Å². The van der Waals surface area contributed by atoms with Crippen molar-refractivity contribution in [2.45, 2.75) is 83.0 Å². The summed E-state index contributed by atoms with van der Waals surface area (Å²) < 4.78 is 66.3. The van der Waals surface area contributed by atoms with Crippen LogP contribution in [0.4, 0.5) is 5.69 Å². The molecule has 0 bridgehead atoms. The summed E-state index contributed by atoms with van der Waals surface area (Å²) in [6.45, 7) is 18.6. The van der Waals surface area contributed by atoms with E-state index >= 15 is 0 Å². The molecule has 0 aromatic heterocycles. The molecule has 1 aromatic rings. The summed E-state index contributed by atoms with van der Waals surface area (Å²) >= 11 is 0. The summed E-state index contributed by atoms with van der Waals surface area (Å²) in [7, 11) is -2.98. The average Bonchev–Trinajstić information content (AvgIpc) is 3.37. The van der Waals surface area contributed by atoms with Crippen LogP contribution < -0.4 is 14.8 Å². The molecule has 0 atom stereocenters. The van der Waals surface area contributed by atoms with Gasteiger partial charge >= 0.3 is 5.97 Å². The molecule has 0 fully saturated rings. The number of ether oxygens (including phenoxy) is 4. The number of rotatable bonds is 23. The molecule has 2 aliphatic heterocycles. The summed E-state index contributed by atoms with van der Waals surface area (Å²) in [6, 6.07) is 13.0. The van der Waals surface area contributed by atoms with E-state index < -0.39 is 21.5 Å². The van der Waals surface area contributed by atoms with Gasteiger partial charge in [-0.15, -0.1) is 0 Å².